The van der Waals surface area contributed by atoms with Gasteiger partial charge in [-0.15, -0.1) is 11.8 Å². The number of hydrogen-bond acceptors (Lipinski definition) is 3. The molecule has 0 spiro atoms. The smallest absolute Gasteiger partial charge is 0.0319 e. The first-order valence-electron chi connectivity index (χ1n) is 7.25. The van der Waals surface area contributed by atoms with E-state index in [0.29, 0.717) is 18.0 Å². The number of hydrogen-bond donors (Lipinski definition) is 1. The highest BCUT2D eigenvalue weighted by Gasteiger charge is 2.25. The molecule has 1 aliphatic rings. The van der Waals surface area contributed by atoms with Gasteiger partial charge in [0.05, 0.1) is 0 Å². The van der Waals surface area contributed by atoms with E-state index >= 15 is 0 Å². The summed E-state index contributed by atoms with van der Waals surface area (Å²) in [4.78, 5) is 3.93. The molecule has 3 heteroatoms. The van der Waals surface area contributed by atoms with E-state index in [9.17, 15) is 0 Å². The first-order valence-corrected chi connectivity index (χ1v) is 8.48. The predicted octanol–water partition coefficient (Wildman–Crippen LogP) is 3.53. The summed E-state index contributed by atoms with van der Waals surface area (Å²) in [5, 5.41) is 0. The monoisotopic (exact) mass is 278 g/mol. The lowest BCUT2D eigenvalue weighted by Crippen LogP contribution is -2.40. The van der Waals surface area contributed by atoms with Crippen molar-refractivity contribution in [3.05, 3.63) is 29.8 Å². The summed E-state index contributed by atoms with van der Waals surface area (Å²) in [7, 11) is 0. The normalized spacial score (nSPS) is 21.3. The van der Waals surface area contributed by atoms with Gasteiger partial charge in [0.25, 0.3) is 0 Å². The van der Waals surface area contributed by atoms with Crippen molar-refractivity contribution in [1.82, 2.24) is 4.90 Å². The Morgan fingerprint density at radius 1 is 1.16 bits per heavy atom. The summed E-state index contributed by atoms with van der Waals surface area (Å²) in [5.74, 6) is 0.710. The van der Waals surface area contributed by atoms with Crippen LogP contribution in [0.5, 0.6) is 0 Å². The van der Waals surface area contributed by atoms with Crippen molar-refractivity contribution in [3.63, 3.8) is 0 Å². The lowest BCUT2D eigenvalue weighted by molar-refractivity contribution is 0.132. The average Bonchev–Trinajstić information content (AvgIpc) is 2.46. The van der Waals surface area contributed by atoms with Crippen LogP contribution in [-0.2, 0) is 0 Å². The second-order valence-electron chi connectivity index (χ2n) is 5.68. The van der Waals surface area contributed by atoms with Crippen LogP contribution in [0.4, 0.5) is 0 Å². The molecule has 0 radical (unpaired) electrons. The standard InChI is InChI=1S/C16H26N2S/c1-12(17)14-8-10-18(11-9-14)13(2)15-4-6-16(19-3)7-5-15/h4-7,12-14H,8-11,17H2,1-3H3. The van der Waals surface area contributed by atoms with Crippen molar-refractivity contribution >= 4 is 11.8 Å². The molecule has 0 amide bonds. The number of nitrogens with zero attached hydrogens (tertiary/aromatic N) is 1. The van der Waals surface area contributed by atoms with E-state index in [0.717, 1.165) is 0 Å². The summed E-state index contributed by atoms with van der Waals surface area (Å²) >= 11 is 1.80. The highest BCUT2D eigenvalue weighted by Crippen LogP contribution is 2.28. The van der Waals surface area contributed by atoms with Crippen molar-refractivity contribution in [2.45, 2.75) is 43.7 Å². The van der Waals surface area contributed by atoms with Gasteiger partial charge in [0, 0.05) is 17.0 Å². The fraction of sp³-hybridized carbons (Fsp3) is 0.625. The van der Waals surface area contributed by atoms with Crippen molar-refractivity contribution in [2.75, 3.05) is 19.3 Å². The molecule has 0 aliphatic carbocycles. The Morgan fingerprint density at radius 2 is 1.74 bits per heavy atom. The molecule has 0 saturated carbocycles. The summed E-state index contributed by atoms with van der Waals surface area (Å²) in [5.41, 5.74) is 7.44. The average molecular weight is 278 g/mol. The zero-order valence-corrected chi connectivity index (χ0v) is 13.1. The number of thioether (sulfide) groups is 1. The number of nitrogens with two attached hydrogens (primary N) is 1. The molecular weight excluding hydrogens is 252 g/mol. The number of piperidine rings is 1. The minimum Gasteiger partial charge on any atom is -0.328 e. The van der Waals surface area contributed by atoms with Crippen LogP contribution in [0.1, 0.15) is 38.3 Å². The van der Waals surface area contributed by atoms with Crippen molar-refractivity contribution in [2.24, 2.45) is 11.7 Å². The third-order valence-corrected chi connectivity index (χ3v) is 5.21. The molecule has 1 heterocycles. The first-order chi connectivity index (χ1) is 9.11. The van der Waals surface area contributed by atoms with Crippen LogP contribution < -0.4 is 5.73 Å². The third kappa shape index (κ3) is 3.74. The molecule has 2 nitrogen and oxygen atoms in total. The highest BCUT2D eigenvalue weighted by molar-refractivity contribution is 7.98. The molecule has 2 N–H and O–H groups in total. The molecule has 106 valence electrons. The second-order valence-corrected chi connectivity index (χ2v) is 6.56. The van der Waals surface area contributed by atoms with Crippen LogP contribution in [0.15, 0.2) is 29.2 Å². The molecule has 0 bridgehead atoms. The van der Waals surface area contributed by atoms with Gasteiger partial charge in [-0.05, 0) is 69.6 Å². The Hall–Kier alpha value is -0.510. The van der Waals surface area contributed by atoms with Crippen molar-refractivity contribution < 1.29 is 0 Å². The van der Waals surface area contributed by atoms with Gasteiger partial charge in [-0.25, -0.2) is 0 Å². The molecule has 2 unspecified atom stereocenters. The lowest BCUT2D eigenvalue weighted by Gasteiger charge is -2.37. The van der Waals surface area contributed by atoms with E-state index in [1.54, 1.807) is 11.8 Å². The molecule has 0 aromatic heterocycles. The van der Waals surface area contributed by atoms with Crippen LogP contribution in [0, 0.1) is 5.92 Å². The molecule has 1 fully saturated rings. The van der Waals surface area contributed by atoms with E-state index in [2.05, 4.69) is 49.3 Å². The molecule has 2 rings (SSSR count). The van der Waals surface area contributed by atoms with Gasteiger partial charge in [-0.3, -0.25) is 4.90 Å². The minimum absolute atomic E-state index is 0.346. The molecule has 1 saturated heterocycles. The largest absolute Gasteiger partial charge is 0.328 e. The SMILES string of the molecule is CSc1ccc(C(C)N2CCC(C(C)N)CC2)cc1. The van der Waals surface area contributed by atoms with E-state index in [1.807, 2.05) is 0 Å². The first kappa shape index (κ1) is 14.9. The molecule has 19 heavy (non-hydrogen) atoms. The zero-order chi connectivity index (χ0) is 13.8. The Kier molecular flexibility index (Phi) is 5.31. The molecule has 1 aliphatic heterocycles. The van der Waals surface area contributed by atoms with Gasteiger partial charge in [-0.1, -0.05) is 12.1 Å². The van der Waals surface area contributed by atoms with Gasteiger partial charge in [-0.2, -0.15) is 0 Å². The topological polar surface area (TPSA) is 29.3 Å². The van der Waals surface area contributed by atoms with Crippen LogP contribution in [-0.4, -0.2) is 30.3 Å². The van der Waals surface area contributed by atoms with Crippen LogP contribution in [0.25, 0.3) is 0 Å². The molecule has 2 atom stereocenters. The summed E-state index contributed by atoms with van der Waals surface area (Å²) in [6.07, 6.45) is 4.60. The fourth-order valence-electron chi connectivity index (χ4n) is 2.93. The Labute approximate surface area is 121 Å². The maximum absolute atomic E-state index is 6.01. The Balaban J connectivity index is 1.94. The van der Waals surface area contributed by atoms with Crippen LogP contribution in [0.2, 0.25) is 0 Å². The number of likely N-dealkylation sites (tertiary alicyclic amines) is 1. The molecular formula is C16H26N2S. The maximum Gasteiger partial charge on any atom is 0.0319 e. The molecule has 1 aromatic rings. The van der Waals surface area contributed by atoms with Crippen molar-refractivity contribution in [3.8, 4) is 0 Å². The van der Waals surface area contributed by atoms with Gasteiger partial charge in [0.1, 0.15) is 0 Å². The van der Waals surface area contributed by atoms with Crippen molar-refractivity contribution in [1.29, 1.82) is 0 Å². The molecule has 1 aromatic carbocycles. The van der Waals surface area contributed by atoms with Gasteiger partial charge < -0.3 is 5.73 Å². The Bertz CT molecular complexity index is 380. The maximum atomic E-state index is 6.01. The lowest BCUT2D eigenvalue weighted by atomic mass is 9.90. The van der Waals surface area contributed by atoms with E-state index in [1.165, 1.54) is 36.4 Å². The van der Waals surface area contributed by atoms with E-state index < -0.39 is 0 Å². The quantitative estimate of drug-likeness (QED) is 0.854. The summed E-state index contributed by atoms with van der Waals surface area (Å²) in [6, 6.07) is 9.86. The van der Waals surface area contributed by atoms with Gasteiger partial charge >= 0.3 is 0 Å². The summed E-state index contributed by atoms with van der Waals surface area (Å²) in [6.45, 7) is 6.82. The fourth-order valence-corrected chi connectivity index (χ4v) is 3.33. The third-order valence-electron chi connectivity index (χ3n) is 4.46. The van der Waals surface area contributed by atoms with E-state index in [4.69, 9.17) is 5.73 Å². The summed E-state index contributed by atoms with van der Waals surface area (Å²) < 4.78 is 0. The number of benzene rings is 1. The number of rotatable bonds is 4. The highest BCUT2D eigenvalue weighted by atomic mass is 32.2. The van der Waals surface area contributed by atoms with E-state index in [-0.39, 0.29) is 0 Å². The van der Waals surface area contributed by atoms with Gasteiger partial charge in [0.15, 0.2) is 0 Å². The van der Waals surface area contributed by atoms with Gasteiger partial charge in [0.2, 0.25) is 0 Å². The minimum atomic E-state index is 0.346. The zero-order valence-electron chi connectivity index (χ0n) is 12.3. The second kappa shape index (κ2) is 6.78. The van der Waals surface area contributed by atoms with Crippen LogP contribution in [0.3, 0.4) is 0 Å². The van der Waals surface area contributed by atoms with Crippen LogP contribution >= 0.6 is 11.8 Å². The Morgan fingerprint density at radius 3 is 2.21 bits per heavy atom. The predicted molar refractivity (Wildman–Crippen MR) is 84.6 cm³/mol.